The second-order valence-electron chi connectivity index (χ2n) is 7.20. The van der Waals surface area contributed by atoms with Crippen LogP contribution < -0.4 is 10.1 Å². The number of carbonyl (C=O) groups is 2. The van der Waals surface area contributed by atoms with Gasteiger partial charge < -0.3 is 14.6 Å². The maximum absolute atomic E-state index is 12.7. The first-order valence-corrected chi connectivity index (χ1v) is 12.7. The number of hydrogen-bond donors (Lipinski definition) is 1. The summed E-state index contributed by atoms with van der Waals surface area (Å²) in [6.45, 7) is 4.96. The lowest BCUT2D eigenvalue weighted by Gasteiger charge is -2.06. The van der Waals surface area contributed by atoms with Crippen molar-refractivity contribution in [2.24, 2.45) is 4.99 Å². The van der Waals surface area contributed by atoms with Gasteiger partial charge in [-0.1, -0.05) is 23.5 Å². The zero-order chi connectivity index (χ0) is 23.3. The number of nitrogens with zero attached hydrogens (tertiary/aromatic N) is 2. The Bertz CT molecular complexity index is 1310. The van der Waals surface area contributed by atoms with E-state index in [9.17, 15) is 18.0 Å². The van der Waals surface area contributed by atoms with Gasteiger partial charge in [0.2, 0.25) is 5.91 Å². The number of ether oxygens (including phenoxy) is 1. The Balaban J connectivity index is 1.92. The molecule has 2 aromatic carbocycles. The number of nitrogens with one attached hydrogen (secondary N) is 1. The molecule has 0 aliphatic heterocycles. The molecule has 8 nitrogen and oxygen atoms in total. The smallest absolute Gasteiger partial charge is 0.252 e. The van der Waals surface area contributed by atoms with Crippen LogP contribution in [0.25, 0.3) is 10.2 Å². The number of hydrogen-bond acceptors (Lipinski definition) is 6. The normalized spacial score (nSPS) is 12.3. The summed E-state index contributed by atoms with van der Waals surface area (Å²) in [5.74, 6) is -0.497. The first-order valence-electron chi connectivity index (χ1n) is 10.0. The number of anilines is 1. The van der Waals surface area contributed by atoms with Crippen LogP contribution in [0.3, 0.4) is 0 Å². The largest absolute Gasteiger partial charge is 0.380 e. The summed E-state index contributed by atoms with van der Waals surface area (Å²) in [7, 11) is -3.29. The maximum Gasteiger partial charge on any atom is 0.252 e. The standard InChI is InChI=1S/C22H25N3O5S2/c1-4-30-12-11-25-19-10-7-17(23-15(2)26)14-20(19)31-22(25)24-21(27)13-16-5-8-18(9-6-16)32(3,28)29/h5-10,14H,4,11-13H2,1-3H3,(H,23,26). The Hall–Kier alpha value is -2.82. The van der Waals surface area contributed by atoms with E-state index >= 15 is 0 Å². The van der Waals surface area contributed by atoms with Gasteiger partial charge >= 0.3 is 0 Å². The third-order valence-corrected chi connectivity index (χ3v) is 6.76. The van der Waals surface area contributed by atoms with Crippen molar-refractivity contribution in [3.05, 3.63) is 52.8 Å². The lowest BCUT2D eigenvalue weighted by Crippen LogP contribution is -2.20. The van der Waals surface area contributed by atoms with E-state index in [0.29, 0.717) is 35.8 Å². The summed E-state index contributed by atoms with van der Waals surface area (Å²) in [4.78, 5) is 29.1. The van der Waals surface area contributed by atoms with Crippen LogP contribution in [-0.4, -0.2) is 44.3 Å². The van der Waals surface area contributed by atoms with Gasteiger partial charge in [0.1, 0.15) is 0 Å². The number of thiazole rings is 1. The van der Waals surface area contributed by atoms with Crippen molar-refractivity contribution in [2.45, 2.75) is 31.7 Å². The van der Waals surface area contributed by atoms with E-state index in [1.165, 1.54) is 30.4 Å². The third-order valence-electron chi connectivity index (χ3n) is 4.59. The topological polar surface area (TPSA) is 107 Å². The average molecular weight is 476 g/mol. The fraction of sp³-hybridized carbons (Fsp3) is 0.318. The van der Waals surface area contributed by atoms with Crippen LogP contribution in [0, 0.1) is 0 Å². The SMILES string of the molecule is CCOCCn1c(=NC(=O)Cc2ccc(S(C)(=O)=O)cc2)sc2cc(NC(C)=O)ccc21. The molecule has 1 heterocycles. The average Bonchev–Trinajstić information content (AvgIpc) is 3.03. The van der Waals surface area contributed by atoms with E-state index in [1.54, 1.807) is 12.1 Å². The fourth-order valence-corrected chi connectivity index (χ4v) is 4.87. The third kappa shape index (κ3) is 6.12. The van der Waals surface area contributed by atoms with Gasteiger partial charge in [-0.3, -0.25) is 9.59 Å². The molecule has 0 saturated heterocycles. The molecule has 1 N–H and O–H groups in total. The zero-order valence-electron chi connectivity index (χ0n) is 18.1. The minimum Gasteiger partial charge on any atom is -0.380 e. The molecule has 0 fully saturated rings. The van der Waals surface area contributed by atoms with Crippen molar-refractivity contribution in [1.82, 2.24) is 4.57 Å². The molecule has 0 unspecified atom stereocenters. The highest BCUT2D eigenvalue weighted by atomic mass is 32.2. The van der Waals surface area contributed by atoms with Crippen LogP contribution in [0.4, 0.5) is 5.69 Å². The molecule has 2 amide bonds. The summed E-state index contributed by atoms with van der Waals surface area (Å²) in [6, 6.07) is 11.8. The predicted octanol–water partition coefficient (Wildman–Crippen LogP) is 2.77. The number of benzene rings is 2. The lowest BCUT2D eigenvalue weighted by molar-refractivity contribution is -0.117. The molecule has 1 aromatic heterocycles. The van der Waals surface area contributed by atoms with Crippen LogP contribution in [-0.2, 0) is 37.1 Å². The molecule has 0 atom stereocenters. The maximum atomic E-state index is 12.7. The Morgan fingerprint density at radius 2 is 1.88 bits per heavy atom. The lowest BCUT2D eigenvalue weighted by atomic mass is 10.1. The molecule has 10 heteroatoms. The quantitative estimate of drug-likeness (QED) is 0.504. The number of amides is 2. The highest BCUT2D eigenvalue weighted by Crippen LogP contribution is 2.22. The van der Waals surface area contributed by atoms with Gasteiger partial charge in [-0.15, -0.1) is 0 Å². The molecule has 0 radical (unpaired) electrons. The highest BCUT2D eigenvalue weighted by molar-refractivity contribution is 7.90. The van der Waals surface area contributed by atoms with Gasteiger partial charge in [0.15, 0.2) is 14.6 Å². The van der Waals surface area contributed by atoms with Gasteiger partial charge in [-0.2, -0.15) is 4.99 Å². The van der Waals surface area contributed by atoms with E-state index in [-0.39, 0.29) is 23.1 Å². The molecular weight excluding hydrogens is 450 g/mol. The molecule has 3 aromatic rings. The van der Waals surface area contributed by atoms with Crippen molar-refractivity contribution in [2.75, 3.05) is 24.8 Å². The molecule has 0 saturated carbocycles. The van der Waals surface area contributed by atoms with E-state index in [0.717, 1.165) is 16.5 Å². The second kappa shape index (κ2) is 10.2. The van der Waals surface area contributed by atoms with E-state index in [2.05, 4.69) is 10.3 Å². The highest BCUT2D eigenvalue weighted by Gasteiger charge is 2.11. The van der Waals surface area contributed by atoms with Crippen molar-refractivity contribution < 1.29 is 22.7 Å². The van der Waals surface area contributed by atoms with Gasteiger partial charge in [0.25, 0.3) is 5.91 Å². The van der Waals surface area contributed by atoms with Crippen LogP contribution in [0.1, 0.15) is 19.4 Å². The Morgan fingerprint density at radius 1 is 1.16 bits per heavy atom. The molecule has 0 bridgehead atoms. The Morgan fingerprint density at radius 3 is 2.50 bits per heavy atom. The van der Waals surface area contributed by atoms with Gasteiger partial charge in [-0.25, -0.2) is 8.42 Å². The number of sulfone groups is 1. The van der Waals surface area contributed by atoms with E-state index < -0.39 is 9.84 Å². The van der Waals surface area contributed by atoms with Crippen LogP contribution in [0.5, 0.6) is 0 Å². The summed E-state index contributed by atoms with van der Waals surface area (Å²) >= 11 is 1.36. The molecule has 0 spiro atoms. The van der Waals surface area contributed by atoms with Crippen LogP contribution in [0.2, 0.25) is 0 Å². The van der Waals surface area contributed by atoms with Crippen molar-refractivity contribution >= 4 is 48.9 Å². The summed E-state index contributed by atoms with van der Waals surface area (Å²) in [6.07, 6.45) is 1.20. The first kappa shape index (κ1) is 23.8. The summed E-state index contributed by atoms with van der Waals surface area (Å²) < 4.78 is 31.5. The number of rotatable bonds is 8. The number of carbonyl (C=O) groups excluding carboxylic acids is 2. The molecular formula is C22H25N3O5S2. The minimum absolute atomic E-state index is 0.0564. The van der Waals surface area contributed by atoms with Crippen LogP contribution >= 0.6 is 11.3 Å². The summed E-state index contributed by atoms with van der Waals surface area (Å²) in [5.41, 5.74) is 2.25. The Kier molecular flexibility index (Phi) is 7.60. The molecule has 0 aliphatic carbocycles. The predicted molar refractivity (Wildman–Crippen MR) is 124 cm³/mol. The number of fused-ring (bicyclic) bond motifs is 1. The monoisotopic (exact) mass is 475 g/mol. The van der Waals surface area contributed by atoms with Crippen molar-refractivity contribution in [3.63, 3.8) is 0 Å². The van der Waals surface area contributed by atoms with Gasteiger partial charge in [0, 0.05) is 32.0 Å². The molecule has 0 aliphatic rings. The van der Waals surface area contributed by atoms with Gasteiger partial charge in [-0.05, 0) is 42.8 Å². The summed E-state index contributed by atoms with van der Waals surface area (Å²) in [5, 5.41) is 2.76. The Labute approximate surface area is 190 Å². The molecule has 170 valence electrons. The second-order valence-corrected chi connectivity index (χ2v) is 10.2. The van der Waals surface area contributed by atoms with Crippen molar-refractivity contribution in [3.8, 4) is 0 Å². The van der Waals surface area contributed by atoms with E-state index in [4.69, 9.17) is 4.74 Å². The fourth-order valence-electron chi connectivity index (χ4n) is 3.13. The minimum atomic E-state index is -3.29. The van der Waals surface area contributed by atoms with Crippen molar-refractivity contribution in [1.29, 1.82) is 0 Å². The zero-order valence-corrected chi connectivity index (χ0v) is 19.8. The number of aromatic nitrogens is 1. The first-order chi connectivity index (χ1) is 15.2. The van der Waals surface area contributed by atoms with E-state index in [1.807, 2.05) is 29.7 Å². The van der Waals surface area contributed by atoms with Crippen LogP contribution in [0.15, 0.2) is 52.4 Å². The molecule has 32 heavy (non-hydrogen) atoms. The molecule has 3 rings (SSSR count). The van der Waals surface area contributed by atoms with Gasteiger partial charge in [0.05, 0.1) is 28.1 Å².